The van der Waals surface area contributed by atoms with Gasteiger partial charge in [-0.25, -0.2) is 9.99 Å². The number of anilines is 1. The monoisotopic (exact) mass is 369 g/mol. The first-order valence-electron chi connectivity index (χ1n) is 6.79. The number of halogens is 2. The molecule has 1 aliphatic heterocycles. The molecule has 1 aromatic heterocycles. The number of rotatable bonds is 6. The van der Waals surface area contributed by atoms with Crippen molar-refractivity contribution in [3.8, 4) is 12.1 Å². The first-order chi connectivity index (χ1) is 10.7. The Kier molecular flexibility index (Phi) is 10.1. The van der Waals surface area contributed by atoms with Crippen molar-refractivity contribution in [1.29, 1.82) is 10.5 Å². The largest absolute Gasteiger partial charge is 1.00 e. The third kappa shape index (κ3) is 6.01. The number of amides is 1. The summed E-state index contributed by atoms with van der Waals surface area (Å²) in [6, 6.07) is 6.95. The average Bonchev–Trinajstić information content (AvgIpc) is 3.03. The van der Waals surface area contributed by atoms with Crippen LogP contribution in [0.2, 0.25) is 0 Å². The normalized spacial score (nSPS) is 14.8. The standard InChI is InChI=1S/C14H15N7O.2ClH/c15-7-11-1-2-13(19-9-11)18-6-5-17-10-14(22)21-12(8-16)3-4-20-21;;/h1-2,4,9,12,17H,3,5-6,10H2,(H,18,19);2*1H. The van der Waals surface area contributed by atoms with Gasteiger partial charge in [0, 0.05) is 31.9 Å². The summed E-state index contributed by atoms with van der Waals surface area (Å²) in [6.45, 7) is 1.26. The minimum absolute atomic E-state index is 0. The van der Waals surface area contributed by atoms with Gasteiger partial charge in [0.15, 0.2) is 0 Å². The van der Waals surface area contributed by atoms with Gasteiger partial charge in [0.1, 0.15) is 17.9 Å². The van der Waals surface area contributed by atoms with Crippen LogP contribution in [0.1, 0.15) is 14.8 Å². The molecule has 0 saturated carbocycles. The number of hydrogen-bond donors (Lipinski definition) is 2. The highest BCUT2D eigenvalue weighted by Gasteiger charge is 2.25. The maximum Gasteiger partial charge on any atom is 1.00 e. The van der Waals surface area contributed by atoms with E-state index in [9.17, 15) is 4.79 Å². The lowest BCUT2D eigenvalue weighted by molar-refractivity contribution is -0.130. The molecule has 128 valence electrons. The Bertz CT molecular complexity index is 646. The molecule has 24 heavy (non-hydrogen) atoms. The van der Waals surface area contributed by atoms with Gasteiger partial charge < -0.3 is 35.4 Å². The van der Waals surface area contributed by atoms with E-state index >= 15 is 0 Å². The number of carbonyl (C=O) groups excluding carboxylic acids is 1. The number of hydrogen-bond acceptors (Lipinski definition) is 7. The van der Waals surface area contributed by atoms with Crippen LogP contribution < -0.4 is 35.4 Å². The Labute approximate surface area is 155 Å². The zero-order valence-corrected chi connectivity index (χ0v) is 14.1. The van der Waals surface area contributed by atoms with E-state index in [1.54, 1.807) is 18.3 Å². The molecule has 1 unspecified atom stereocenters. The number of aromatic nitrogens is 1. The molecule has 2 N–H and O–H groups in total. The van der Waals surface area contributed by atoms with Crippen LogP contribution in [0.15, 0.2) is 23.4 Å². The molecule has 0 aliphatic carbocycles. The van der Waals surface area contributed by atoms with E-state index in [1.165, 1.54) is 11.2 Å². The second-order valence-corrected chi connectivity index (χ2v) is 4.56. The fourth-order valence-corrected chi connectivity index (χ4v) is 1.88. The van der Waals surface area contributed by atoms with Gasteiger partial charge in [0.2, 0.25) is 0 Å². The Morgan fingerprint density at radius 2 is 2.17 bits per heavy atom. The Hall–Kier alpha value is -2.39. The van der Waals surface area contributed by atoms with Crippen molar-refractivity contribution in [1.82, 2.24) is 15.3 Å². The van der Waals surface area contributed by atoms with Crippen molar-refractivity contribution in [2.24, 2.45) is 5.10 Å². The van der Waals surface area contributed by atoms with Gasteiger partial charge in [-0.05, 0) is 12.1 Å². The lowest BCUT2D eigenvalue weighted by Crippen LogP contribution is -3.00. The summed E-state index contributed by atoms with van der Waals surface area (Å²) >= 11 is 0. The van der Waals surface area contributed by atoms with Gasteiger partial charge in [-0.1, -0.05) is 0 Å². The summed E-state index contributed by atoms with van der Waals surface area (Å²) < 4.78 is 0. The highest BCUT2D eigenvalue weighted by molar-refractivity contribution is 5.81. The van der Waals surface area contributed by atoms with Crippen molar-refractivity contribution in [2.45, 2.75) is 12.5 Å². The molecule has 0 radical (unpaired) electrons. The van der Waals surface area contributed by atoms with E-state index in [4.69, 9.17) is 10.5 Å². The second kappa shape index (κ2) is 11.2. The Morgan fingerprint density at radius 1 is 1.38 bits per heavy atom. The molecule has 1 aliphatic rings. The van der Waals surface area contributed by atoms with Crippen LogP contribution in [0.3, 0.4) is 0 Å². The summed E-state index contributed by atoms with van der Waals surface area (Å²) in [4.78, 5) is 15.9. The van der Waals surface area contributed by atoms with Crippen LogP contribution >= 0.6 is 0 Å². The van der Waals surface area contributed by atoms with Gasteiger partial charge in [-0.2, -0.15) is 15.6 Å². The molecule has 0 saturated heterocycles. The molecule has 0 spiro atoms. The highest BCUT2D eigenvalue weighted by atomic mass is 35.5. The third-order valence-corrected chi connectivity index (χ3v) is 3.01. The summed E-state index contributed by atoms with van der Waals surface area (Å²) in [5.74, 6) is 0.442. The van der Waals surface area contributed by atoms with Crippen molar-refractivity contribution in [3.63, 3.8) is 0 Å². The van der Waals surface area contributed by atoms with Crippen molar-refractivity contribution in [2.75, 3.05) is 25.0 Å². The second-order valence-electron chi connectivity index (χ2n) is 4.56. The molecule has 2 rings (SSSR count). The average molecular weight is 370 g/mol. The maximum absolute atomic E-state index is 11.9. The van der Waals surface area contributed by atoms with Gasteiger partial charge in [-0.15, -0.1) is 0 Å². The molecular formula is C14H17Cl2N7O. The predicted molar refractivity (Wildman–Crippen MR) is 81.9 cm³/mol. The summed E-state index contributed by atoms with van der Waals surface area (Å²) in [7, 11) is 0. The number of nitriles is 2. The smallest absolute Gasteiger partial charge is 1.00 e. The van der Waals surface area contributed by atoms with E-state index in [2.05, 4.69) is 20.7 Å². The predicted octanol–water partition coefficient (Wildman–Crippen LogP) is -5.70. The van der Waals surface area contributed by atoms with E-state index in [0.717, 1.165) is 0 Å². The zero-order chi connectivity index (χ0) is 15.8. The molecular weight excluding hydrogens is 353 g/mol. The molecule has 1 amide bonds. The maximum atomic E-state index is 11.9. The van der Waals surface area contributed by atoms with Crippen molar-refractivity contribution >= 4 is 17.9 Å². The van der Waals surface area contributed by atoms with Crippen LogP contribution in [-0.4, -0.2) is 47.8 Å². The Balaban J connectivity index is -0.00000132. The molecule has 2 heterocycles. The van der Waals surface area contributed by atoms with Crippen LogP contribution in [0.4, 0.5) is 5.82 Å². The first kappa shape index (κ1) is 21.6. The highest BCUT2D eigenvalue weighted by Crippen LogP contribution is 2.09. The molecule has 0 aromatic carbocycles. The fraction of sp³-hybridized carbons (Fsp3) is 0.357. The van der Waals surface area contributed by atoms with Crippen molar-refractivity contribution < 1.29 is 32.5 Å². The fourth-order valence-electron chi connectivity index (χ4n) is 1.88. The van der Waals surface area contributed by atoms with E-state index in [0.29, 0.717) is 30.9 Å². The zero-order valence-electron chi connectivity index (χ0n) is 14.6. The van der Waals surface area contributed by atoms with E-state index in [-0.39, 0.29) is 40.1 Å². The molecule has 0 fully saturated rings. The lowest BCUT2D eigenvalue weighted by atomic mass is 10.2. The number of nitrogens with one attached hydrogen (secondary N) is 2. The van der Waals surface area contributed by atoms with E-state index < -0.39 is 6.04 Å². The first-order valence-corrected chi connectivity index (χ1v) is 6.79. The molecule has 0 bridgehead atoms. The molecule has 1 aromatic rings. The van der Waals surface area contributed by atoms with Gasteiger partial charge in [-0.3, -0.25) is 4.79 Å². The molecule has 1 atom stereocenters. The summed E-state index contributed by atoms with van der Waals surface area (Å²) in [5, 5.41) is 28.7. The Morgan fingerprint density at radius 3 is 2.79 bits per heavy atom. The number of nitrogens with zero attached hydrogens (tertiary/aromatic N) is 5. The third-order valence-electron chi connectivity index (χ3n) is 3.01. The van der Waals surface area contributed by atoms with Gasteiger partial charge in [0.25, 0.3) is 5.91 Å². The summed E-state index contributed by atoms with van der Waals surface area (Å²) in [6.07, 6.45) is 3.55. The SMILES string of the molecule is N#Cc1ccc(NCCNCC(=O)N2N=CCC2C#N)nc1.[Cl-].[Cl-].[H+].[H+]. The number of carbonyl (C=O) groups is 1. The minimum atomic E-state index is -0.490. The lowest BCUT2D eigenvalue weighted by Gasteiger charge is -2.16. The van der Waals surface area contributed by atoms with Crippen LogP contribution in [0.25, 0.3) is 0 Å². The topological polar surface area (TPSA) is 117 Å². The van der Waals surface area contributed by atoms with Crippen LogP contribution in [-0.2, 0) is 4.79 Å². The van der Waals surface area contributed by atoms with Crippen molar-refractivity contribution in [3.05, 3.63) is 23.9 Å². The molecule has 10 heteroatoms. The number of hydrazone groups is 1. The van der Waals surface area contributed by atoms with Gasteiger partial charge in [0.05, 0.1) is 18.2 Å². The minimum Gasteiger partial charge on any atom is -1.00 e. The van der Waals surface area contributed by atoms with Crippen LogP contribution in [0.5, 0.6) is 0 Å². The number of pyridine rings is 1. The van der Waals surface area contributed by atoms with E-state index in [1.807, 2.05) is 12.1 Å². The molecule has 8 nitrogen and oxygen atoms in total. The quantitative estimate of drug-likeness (QED) is 0.482. The summed E-state index contributed by atoms with van der Waals surface area (Å²) in [5.41, 5.74) is 0.507. The van der Waals surface area contributed by atoms with Gasteiger partial charge >= 0.3 is 2.85 Å². The van der Waals surface area contributed by atoms with Crippen LogP contribution in [0, 0.1) is 22.7 Å².